The summed E-state index contributed by atoms with van der Waals surface area (Å²) in [5, 5.41) is 8.43. The smallest absolute Gasteiger partial charge is 0.293 e. The van der Waals surface area contributed by atoms with E-state index in [1.807, 2.05) is 6.07 Å². The average Bonchev–Trinajstić information content (AvgIpc) is 2.72. The minimum atomic E-state index is -0.304. The quantitative estimate of drug-likeness (QED) is 0.795. The third kappa shape index (κ3) is 3.07. The van der Waals surface area contributed by atoms with Gasteiger partial charge in [0.2, 0.25) is 0 Å². The van der Waals surface area contributed by atoms with E-state index in [-0.39, 0.29) is 17.7 Å². The Morgan fingerprint density at radius 1 is 1.35 bits per heavy atom. The highest BCUT2D eigenvalue weighted by atomic mass is 32.2. The summed E-state index contributed by atoms with van der Waals surface area (Å²) in [7, 11) is 1.52. The van der Waals surface area contributed by atoms with Gasteiger partial charge >= 0.3 is 0 Å². The third-order valence-electron chi connectivity index (χ3n) is 2.73. The molecule has 0 bridgehead atoms. The molecule has 1 saturated heterocycles. The molecule has 0 N–H and O–H groups in total. The van der Waals surface area contributed by atoms with Crippen LogP contribution in [0.2, 0.25) is 0 Å². The lowest BCUT2D eigenvalue weighted by Gasteiger charge is -2.10. The Morgan fingerprint density at radius 2 is 2.05 bits per heavy atom. The predicted octanol–water partition coefficient (Wildman–Crippen LogP) is 2.24. The van der Waals surface area contributed by atoms with Gasteiger partial charge in [0, 0.05) is 7.11 Å². The number of rotatable bonds is 4. The Balaban J connectivity index is 2.16. The van der Waals surface area contributed by atoms with Crippen molar-refractivity contribution in [3.8, 4) is 6.07 Å². The lowest BCUT2D eigenvalue weighted by atomic mass is 10.1. The van der Waals surface area contributed by atoms with Gasteiger partial charge in [-0.2, -0.15) is 5.26 Å². The number of ether oxygens (including phenoxy) is 1. The first-order valence-electron chi connectivity index (χ1n) is 5.90. The monoisotopic (exact) mass is 288 g/mol. The zero-order valence-electron chi connectivity index (χ0n) is 10.8. The van der Waals surface area contributed by atoms with Gasteiger partial charge in [0.05, 0.1) is 29.7 Å². The maximum Gasteiger partial charge on any atom is 0.293 e. The normalized spacial score (nSPS) is 16.8. The summed E-state index contributed by atoms with van der Waals surface area (Å²) in [4.78, 5) is 25.3. The maximum absolute atomic E-state index is 12.1. The Morgan fingerprint density at radius 3 is 2.65 bits per heavy atom. The zero-order valence-corrected chi connectivity index (χ0v) is 11.6. The van der Waals surface area contributed by atoms with Crippen LogP contribution in [-0.4, -0.2) is 36.3 Å². The molecule has 102 valence electrons. The number of benzene rings is 1. The second-order valence-corrected chi connectivity index (χ2v) is 5.05. The van der Waals surface area contributed by atoms with Crippen LogP contribution in [0.15, 0.2) is 29.2 Å². The number of amides is 2. The molecule has 6 heteroatoms. The van der Waals surface area contributed by atoms with Gasteiger partial charge in [0.25, 0.3) is 11.1 Å². The molecular formula is C14H12N2O3S. The predicted molar refractivity (Wildman–Crippen MR) is 75.7 cm³/mol. The van der Waals surface area contributed by atoms with Gasteiger partial charge in [-0.05, 0) is 35.5 Å². The Kier molecular flexibility index (Phi) is 4.56. The molecule has 1 fully saturated rings. The molecular weight excluding hydrogens is 276 g/mol. The summed E-state index contributed by atoms with van der Waals surface area (Å²) < 4.78 is 4.87. The van der Waals surface area contributed by atoms with Crippen LogP contribution in [0.4, 0.5) is 4.79 Å². The molecule has 2 amide bonds. The van der Waals surface area contributed by atoms with Crippen molar-refractivity contribution in [2.24, 2.45) is 0 Å². The van der Waals surface area contributed by atoms with E-state index < -0.39 is 0 Å². The molecule has 1 aliphatic heterocycles. The number of imide groups is 1. The van der Waals surface area contributed by atoms with Crippen molar-refractivity contribution in [2.75, 3.05) is 20.3 Å². The molecule has 1 heterocycles. The molecule has 0 saturated carbocycles. The number of nitrogens with zero attached hydrogens (tertiary/aromatic N) is 2. The van der Waals surface area contributed by atoms with E-state index in [1.165, 1.54) is 12.0 Å². The number of carbonyl (C=O) groups excluding carboxylic acids is 2. The van der Waals surface area contributed by atoms with Crippen LogP contribution in [0.25, 0.3) is 6.08 Å². The Labute approximate surface area is 120 Å². The van der Waals surface area contributed by atoms with Crippen molar-refractivity contribution in [2.45, 2.75) is 0 Å². The van der Waals surface area contributed by atoms with Gasteiger partial charge in [-0.1, -0.05) is 12.1 Å². The number of nitriles is 1. The zero-order chi connectivity index (χ0) is 14.5. The fourth-order valence-electron chi connectivity index (χ4n) is 1.68. The molecule has 1 aromatic rings. The van der Waals surface area contributed by atoms with E-state index in [9.17, 15) is 9.59 Å². The molecule has 0 radical (unpaired) electrons. The number of methoxy groups -OCH3 is 1. The molecule has 5 nitrogen and oxygen atoms in total. The van der Waals surface area contributed by atoms with Gasteiger partial charge in [0.15, 0.2) is 0 Å². The van der Waals surface area contributed by atoms with Crippen LogP contribution in [0.3, 0.4) is 0 Å². The summed E-state index contributed by atoms with van der Waals surface area (Å²) in [6.45, 7) is 0.577. The van der Waals surface area contributed by atoms with Crippen LogP contribution in [0.1, 0.15) is 11.1 Å². The van der Waals surface area contributed by atoms with Gasteiger partial charge in [-0.3, -0.25) is 14.5 Å². The third-order valence-corrected chi connectivity index (χ3v) is 3.64. The summed E-state index contributed by atoms with van der Waals surface area (Å²) >= 11 is 0.915. The highest BCUT2D eigenvalue weighted by molar-refractivity contribution is 8.18. The van der Waals surface area contributed by atoms with Crippen molar-refractivity contribution in [1.82, 2.24) is 4.90 Å². The number of carbonyl (C=O) groups is 2. The van der Waals surface area contributed by atoms with Crippen molar-refractivity contribution < 1.29 is 14.3 Å². The van der Waals surface area contributed by atoms with Crippen molar-refractivity contribution in [3.05, 3.63) is 40.3 Å². The molecule has 20 heavy (non-hydrogen) atoms. The first kappa shape index (κ1) is 14.3. The first-order valence-corrected chi connectivity index (χ1v) is 6.72. The van der Waals surface area contributed by atoms with Crippen LogP contribution < -0.4 is 0 Å². The summed E-state index contributed by atoms with van der Waals surface area (Å²) in [5.74, 6) is -0.304. The van der Waals surface area contributed by atoms with Crippen molar-refractivity contribution >= 4 is 29.0 Å². The number of thioether (sulfide) groups is 1. The van der Waals surface area contributed by atoms with Crippen LogP contribution in [-0.2, 0) is 9.53 Å². The summed E-state index contributed by atoms with van der Waals surface area (Å²) in [5.41, 5.74) is 1.33. The van der Waals surface area contributed by atoms with Gasteiger partial charge in [-0.25, -0.2) is 0 Å². The minimum Gasteiger partial charge on any atom is -0.383 e. The van der Waals surface area contributed by atoms with E-state index in [2.05, 4.69) is 0 Å². The standard InChI is InChI=1S/C14H12N2O3S/c1-19-7-6-16-13(17)12(20-14(16)18)8-10-2-4-11(9-15)5-3-10/h2-5,8H,6-7H2,1H3/b12-8+. The second-order valence-electron chi connectivity index (χ2n) is 4.06. The lowest BCUT2D eigenvalue weighted by Crippen LogP contribution is -2.31. The van der Waals surface area contributed by atoms with Gasteiger partial charge in [-0.15, -0.1) is 0 Å². The minimum absolute atomic E-state index is 0.256. The molecule has 0 spiro atoms. The number of hydrogen-bond acceptors (Lipinski definition) is 5. The van der Waals surface area contributed by atoms with Crippen molar-refractivity contribution in [1.29, 1.82) is 5.26 Å². The SMILES string of the molecule is COCCN1C(=O)S/C(=C/c2ccc(C#N)cc2)C1=O. The van der Waals surface area contributed by atoms with Gasteiger partial charge in [0.1, 0.15) is 0 Å². The first-order chi connectivity index (χ1) is 9.65. The van der Waals surface area contributed by atoms with Crippen LogP contribution in [0.5, 0.6) is 0 Å². The fourth-order valence-corrected chi connectivity index (χ4v) is 2.55. The summed E-state index contributed by atoms with van der Waals surface area (Å²) in [6, 6.07) is 8.84. The molecule has 0 aliphatic carbocycles. The van der Waals surface area contributed by atoms with Crippen LogP contribution >= 0.6 is 11.8 Å². The molecule has 1 aliphatic rings. The van der Waals surface area contributed by atoms with E-state index in [4.69, 9.17) is 10.00 Å². The van der Waals surface area contributed by atoms with Crippen LogP contribution in [0, 0.1) is 11.3 Å². The molecule has 0 unspecified atom stereocenters. The largest absolute Gasteiger partial charge is 0.383 e. The highest BCUT2D eigenvalue weighted by Crippen LogP contribution is 2.31. The molecule has 0 atom stereocenters. The second kappa shape index (κ2) is 6.37. The lowest BCUT2D eigenvalue weighted by molar-refractivity contribution is -0.123. The molecule has 2 rings (SSSR count). The van der Waals surface area contributed by atoms with E-state index in [0.717, 1.165) is 17.3 Å². The number of hydrogen-bond donors (Lipinski definition) is 0. The Bertz CT molecular complexity index is 602. The average molecular weight is 288 g/mol. The van der Waals surface area contributed by atoms with Gasteiger partial charge < -0.3 is 4.74 Å². The Hall–Kier alpha value is -2.10. The summed E-state index contributed by atoms with van der Waals surface area (Å²) in [6.07, 6.45) is 1.65. The van der Waals surface area contributed by atoms with E-state index >= 15 is 0 Å². The molecule has 0 aromatic heterocycles. The highest BCUT2D eigenvalue weighted by Gasteiger charge is 2.34. The molecule has 1 aromatic carbocycles. The fraction of sp³-hybridized carbons (Fsp3) is 0.214. The van der Waals surface area contributed by atoms with E-state index in [0.29, 0.717) is 17.1 Å². The van der Waals surface area contributed by atoms with E-state index in [1.54, 1.807) is 30.3 Å². The maximum atomic E-state index is 12.1. The topological polar surface area (TPSA) is 70.4 Å². The van der Waals surface area contributed by atoms with Crippen molar-refractivity contribution in [3.63, 3.8) is 0 Å².